The van der Waals surface area contributed by atoms with Crippen LogP contribution in [0.2, 0.25) is 0 Å². The molecule has 0 heterocycles. The van der Waals surface area contributed by atoms with Gasteiger partial charge in [0.2, 0.25) is 10.0 Å². The Morgan fingerprint density at radius 3 is 2.42 bits per heavy atom. The lowest BCUT2D eigenvalue weighted by Gasteiger charge is -2.24. The number of hydrogen-bond acceptors (Lipinski definition) is 2. The van der Waals surface area contributed by atoms with Crippen molar-refractivity contribution in [2.45, 2.75) is 44.5 Å². The van der Waals surface area contributed by atoms with E-state index in [2.05, 4.69) is 0 Å². The van der Waals surface area contributed by atoms with Gasteiger partial charge in [0.15, 0.2) is 0 Å². The van der Waals surface area contributed by atoms with Crippen LogP contribution in [0.1, 0.15) is 32.3 Å². The molecule has 0 saturated heterocycles. The average Bonchev–Trinajstić information content (AvgIpc) is 3.11. The minimum absolute atomic E-state index is 0.0305. The lowest BCUT2D eigenvalue weighted by atomic mass is 10.2. The van der Waals surface area contributed by atoms with Crippen molar-refractivity contribution >= 4 is 10.0 Å². The van der Waals surface area contributed by atoms with Crippen LogP contribution in [0.15, 0.2) is 18.2 Å². The van der Waals surface area contributed by atoms with Crippen LogP contribution in [0.25, 0.3) is 0 Å². The molecule has 0 atom stereocenters. The lowest BCUT2D eigenvalue weighted by molar-refractivity contribution is 0.386. The summed E-state index contributed by atoms with van der Waals surface area (Å²) in [4.78, 5) is 0. The number of rotatable bonds is 5. The van der Waals surface area contributed by atoms with Gasteiger partial charge >= 0.3 is 0 Å². The second-order valence-corrected chi connectivity index (χ2v) is 7.55. The molecule has 2 rings (SSSR count). The molecule has 1 fully saturated rings. The van der Waals surface area contributed by atoms with E-state index < -0.39 is 26.9 Å². The van der Waals surface area contributed by atoms with Crippen molar-refractivity contribution in [3.8, 4) is 0 Å². The summed E-state index contributed by atoms with van der Waals surface area (Å²) < 4.78 is 52.3. The molecule has 1 aromatic carbocycles. The molecule has 0 unspecified atom stereocenters. The summed E-state index contributed by atoms with van der Waals surface area (Å²) >= 11 is 0. The summed E-state index contributed by atoms with van der Waals surface area (Å²) in [6.07, 6.45) is 1.60. The maximum absolute atomic E-state index is 13.6. The third-order valence-electron chi connectivity index (χ3n) is 3.22. The second-order valence-electron chi connectivity index (χ2n) is 5.11. The van der Waals surface area contributed by atoms with Gasteiger partial charge in [0.05, 0.1) is 5.25 Å². The fourth-order valence-electron chi connectivity index (χ4n) is 1.88. The fourth-order valence-corrected chi connectivity index (χ4v) is 3.36. The highest BCUT2D eigenvalue weighted by molar-refractivity contribution is 7.89. The molecule has 0 radical (unpaired) electrons. The lowest BCUT2D eigenvalue weighted by Crippen LogP contribution is -2.37. The summed E-state index contributed by atoms with van der Waals surface area (Å²) in [6, 6.07) is 3.18. The summed E-state index contributed by atoms with van der Waals surface area (Å²) in [5, 5.41) is -0.545. The van der Waals surface area contributed by atoms with Gasteiger partial charge in [-0.2, -0.15) is 4.31 Å². The summed E-state index contributed by atoms with van der Waals surface area (Å²) in [5.41, 5.74) is 0.206. The van der Waals surface area contributed by atoms with Crippen LogP contribution in [0.3, 0.4) is 0 Å². The Morgan fingerprint density at radius 2 is 1.95 bits per heavy atom. The maximum atomic E-state index is 13.6. The Labute approximate surface area is 112 Å². The first-order valence-corrected chi connectivity index (χ1v) is 7.77. The molecule has 0 N–H and O–H groups in total. The van der Waals surface area contributed by atoms with Gasteiger partial charge in [0, 0.05) is 24.2 Å². The second kappa shape index (κ2) is 5.17. The molecule has 0 spiro atoms. The smallest absolute Gasteiger partial charge is 0.212 e. The number of benzene rings is 1. The summed E-state index contributed by atoms with van der Waals surface area (Å²) in [7, 11) is -3.43. The van der Waals surface area contributed by atoms with Gasteiger partial charge in [-0.05, 0) is 32.8 Å². The van der Waals surface area contributed by atoms with Crippen LogP contribution in [0.4, 0.5) is 8.78 Å². The van der Waals surface area contributed by atoms with Crippen LogP contribution < -0.4 is 0 Å². The molecule has 0 bridgehead atoms. The molecule has 3 nitrogen and oxygen atoms in total. The highest BCUT2D eigenvalue weighted by atomic mass is 32.2. The normalized spacial score (nSPS) is 16.3. The molecule has 1 aliphatic carbocycles. The predicted octanol–water partition coefficient (Wildman–Crippen LogP) is 2.67. The van der Waals surface area contributed by atoms with Gasteiger partial charge in [0.1, 0.15) is 11.6 Å². The van der Waals surface area contributed by atoms with Gasteiger partial charge < -0.3 is 0 Å². The molecule has 0 amide bonds. The monoisotopic (exact) mass is 289 g/mol. The molecule has 1 aromatic rings. The average molecular weight is 289 g/mol. The Balaban J connectivity index is 2.27. The van der Waals surface area contributed by atoms with E-state index in [0.29, 0.717) is 0 Å². The molecule has 0 aromatic heterocycles. The van der Waals surface area contributed by atoms with Crippen LogP contribution in [-0.4, -0.2) is 24.0 Å². The van der Waals surface area contributed by atoms with E-state index in [4.69, 9.17) is 0 Å². The van der Waals surface area contributed by atoms with E-state index in [-0.39, 0.29) is 18.2 Å². The minimum Gasteiger partial charge on any atom is -0.212 e. The summed E-state index contributed by atoms with van der Waals surface area (Å²) in [6.45, 7) is 3.18. The van der Waals surface area contributed by atoms with Crippen LogP contribution in [-0.2, 0) is 16.6 Å². The van der Waals surface area contributed by atoms with Crippen LogP contribution in [0, 0.1) is 11.6 Å². The molecular weight excluding hydrogens is 272 g/mol. The molecule has 6 heteroatoms. The summed E-state index contributed by atoms with van der Waals surface area (Å²) in [5.74, 6) is -1.37. The third-order valence-corrected chi connectivity index (χ3v) is 5.49. The Kier molecular flexibility index (Phi) is 3.92. The largest absolute Gasteiger partial charge is 0.216 e. The third kappa shape index (κ3) is 3.12. The minimum atomic E-state index is -3.43. The van der Waals surface area contributed by atoms with Gasteiger partial charge in [-0.3, -0.25) is 0 Å². The maximum Gasteiger partial charge on any atom is 0.216 e. The van der Waals surface area contributed by atoms with E-state index in [1.165, 1.54) is 10.4 Å². The first-order valence-electron chi connectivity index (χ1n) is 6.27. The van der Waals surface area contributed by atoms with Crippen LogP contribution in [0.5, 0.6) is 0 Å². The predicted molar refractivity (Wildman–Crippen MR) is 69.0 cm³/mol. The Bertz CT molecular complexity index is 568. The Morgan fingerprint density at radius 1 is 1.32 bits per heavy atom. The molecule has 106 valence electrons. The number of sulfonamides is 1. The van der Waals surface area contributed by atoms with Crippen molar-refractivity contribution in [2.24, 2.45) is 0 Å². The zero-order chi connectivity index (χ0) is 14.2. The highest BCUT2D eigenvalue weighted by Crippen LogP contribution is 2.32. The number of hydrogen-bond donors (Lipinski definition) is 0. The molecule has 0 aliphatic heterocycles. The Hall–Kier alpha value is -1.01. The zero-order valence-electron chi connectivity index (χ0n) is 10.9. The van der Waals surface area contributed by atoms with Crippen molar-refractivity contribution in [3.05, 3.63) is 35.4 Å². The van der Waals surface area contributed by atoms with E-state index >= 15 is 0 Å². The SMILES string of the molecule is CC(C)S(=O)(=O)N(Cc1ccc(F)cc1F)C1CC1. The fraction of sp³-hybridized carbons (Fsp3) is 0.538. The van der Waals surface area contributed by atoms with Crippen molar-refractivity contribution in [1.82, 2.24) is 4.31 Å². The quantitative estimate of drug-likeness (QED) is 0.835. The van der Waals surface area contributed by atoms with E-state index in [0.717, 1.165) is 25.0 Å². The van der Waals surface area contributed by atoms with Crippen molar-refractivity contribution in [3.63, 3.8) is 0 Å². The van der Waals surface area contributed by atoms with Gasteiger partial charge in [-0.25, -0.2) is 17.2 Å². The van der Waals surface area contributed by atoms with Crippen molar-refractivity contribution in [1.29, 1.82) is 0 Å². The zero-order valence-corrected chi connectivity index (χ0v) is 11.8. The molecule has 1 saturated carbocycles. The van der Waals surface area contributed by atoms with E-state index in [1.54, 1.807) is 13.8 Å². The van der Waals surface area contributed by atoms with Gasteiger partial charge in [-0.15, -0.1) is 0 Å². The topological polar surface area (TPSA) is 37.4 Å². The highest BCUT2D eigenvalue weighted by Gasteiger charge is 2.38. The molecular formula is C13H17F2NO2S. The van der Waals surface area contributed by atoms with Gasteiger partial charge in [-0.1, -0.05) is 6.07 Å². The standard InChI is InChI=1S/C13H17F2NO2S/c1-9(2)19(17,18)16(12-5-6-12)8-10-3-4-11(14)7-13(10)15/h3-4,7,9,12H,5-6,8H2,1-2H3. The van der Waals surface area contributed by atoms with E-state index in [1.807, 2.05) is 0 Å². The van der Waals surface area contributed by atoms with Crippen molar-refractivity contribution < 1.29 is 17.2 Å². The first kappa shape index (κ1) is 14.4. The number of halogens is 2. The van der Waals surface area contributed by atoms with E-state index in [9.17, 15) is 17.2 Å². The van der Waals surface area contributed by atoms with Gasteiger partial charge in [0.25, 0.3) is 0 Å². The molecule has 19 heavy (non-hydrogen) atoms. The first-order chi connectivity index (χ1) is 8.82. The molecule has 1 aliphatic rings. The van der Waals surface area contributed by atoms with Crippen molar-refractivity contribution in [2.75, 3.05) is 0 Å². The van der Waals surface area contributed by atoms with Crippen LogP contribution >= 0.6 is 0 Å². The number of nitrogens with zero attached hydrogens (tertiary/aromatic N) is 1.